The topological polar surface area (TPSA) is 40.5 Å². The predicted molar refractivity (Wildman–Crippen MR) is 55.4 cm³/mol. The van der Waals surface area contributed by atoms with Gasteiger partial charge in [0.15, 0.2) is 0 Å². The summed E-state index contributed by atoms with van der Waals surface area (Å²) in [5, 5.41) is 10.8. The number of aliphatic carboxylic acids is 1. The van der Waals surface area contributed by atoms with Gasteiger partial charge in [0.2, 0.25) is 0 Å². The van der Waals surface area contributed by atoms with E-state index < -0.39 is 5.97 Å². The lowest BCUT2D eigenvalue weighted by Gasteiger charge is -2.40. The minimum absolute atomic E-state index is 0.155. The van der Waals surface area contributed by atoms with E-state index in [0.29, 0.717) is 19.1 Å². The van der Waals surface area contributed by atoms with E-state index in [1.807, 2.05) is 6.07 Å². The molecule has 1 aliphatic rings. The fourth-order valence-corrected chi connectivity index (χ4v) is 2.51. The van der Waals surface area contributed by atoms with Crippen molar-refractivity contribution in [2.45, 2.75) is 13.0 Å². The monoisotopic (exact) mass is 211 g/mol. The van der Waals surface area contributed by atoms with Crippen LogP contribution in [-0.4, -0.2) is 29.1 Å². The van der Waals surface area contributed by atoms with Crippen LogP contribution in [0.4, 0.5) is 0 Å². The summed E-state index contributed by atoms with van der Waals surface area (Å²) in [7, 11) is 0. The highest BCUT2D eigenvalue weighted by molar-refractivity contribution is 7.10. The van der Waals surface area contributed by atoms with Gasteiger partial charge in [0.25, 0.3) is 0 Å². The van der Waals surface area contributed by atoms with E-state index in [9.17, 15) is 4.79 Å². The summed E-state index contributed by atoms with van der Waals surface area (Å²) in [6.45, 7) is 3.51. The Labute approximate surface area is 87.0 Å². The molecular weight excluding hydrogens is 198 g/mol. The Balaban J connectivity index is 1.91. The Hall–Kier alpha value is -0.870. The molecule has 0 aromatic carbocycles. The van der Waals surface area contributed by atoms with E-state index >= 15 is 0 Å². The Morgan fingerprint density at radius 1 is 1.71 bits per heavy atom. The van der Waals surface area contributed by atoms with Gasteiger partial charge in [0.1, 0.15) is 0 Å². The molecule has 76 valence electrons. The van der Waals surface area contributed by atoms with Crippen LogP contribution in [0.25, 0.3) is 0 Å². The molecule has 0 spiro atoms. The lowest BCUT2D eigenvalue weighted by molar-refractivity contribution is -0.148. The lowest BCUT2D eigenvalue weighted by atomic mass is 9.98. The number of carboxylic acid groups (broad SMARTS) is 1. The van der Waals surface area contributed by atoms with Crippen molar-refractivity contribution < 1.29 is 9.90 Å². The molecule has 0 saturated carbocycles. The highest BCUT2D eigenvalue weighted by atomic mass is 32.1. The van der Waals surface area contributed by atoms with Crippen molar-refractivity contribution in [3.05, 3.63) is 22.4 Å². The zero-order chi connectivity index (χ0) is 10.1. The van der Waals surface area contributed by atoms with Crippen molar-refractivity contribution >= 4 is 17.3 Å². The molecule has 1 atom stereocenters. The lowest BCUT2D eigenvalue weighted by Crippen LogP contribution is -2.50. The summed E-state index contributed by atoms with van der Waals surface area (Å²) in [5.41, 5.74) is 0. The Bertz CT molecular complexity index is 317. The fraction of sp³-hybridized carbons (Fsp3) is 0.500. The highest BCUT2D eigenvalue weighted by Crippen LogP contribution is 2.30. The van der Waals surface area contributed by atoms with Crippen molar-refractivity contribution in [2.24, 2.45) is 5.92 Å². The van der Waals surface area contributed by atoms with Crippen LogP contribution in [0.15, 0.2) is 17.5 Å². The molecule has 4 heteroatoms. The van der Waals surface area contributed by atoms with Crippen LogP contribution < -0.4 is 0 Å². The summed E-state index contributed by atoms with van der Waals surface area (Å²) in [6.07, 6.45) is 0. The van der Waals surface area contributed by atoms with Crippen molar-refractivity contribution in [1.82, 2.24) is 4.90 Å². The average Bonchev–Trinajstić information content (AvgIpc) is 2.51. The summed E-state index contributed by atoms with van der Waals surface area (Å²) >= 11 is 1.73. The van der Waals surface area contributed by atoms with Crippen LogP contribution in [0.2, 0.25) is 0 Å². The number of thiophene rings is 1. The first-order valence-corrected chi connectivity index (χ1v) is 5.56. The molecule has 1 aliphatic heterocycles. The van der Waals surface area contributed by atoms with Gasteiger partial charge in [-0.05, 0) is 18.4 Å². The maximum absolute atomic E-state index is 10.6. The standard InChI is InChI=1S/C10H13NO2S/c1-7(9-3-2-4-14-9)11-5-8(6-11)10(12)13/h2-4,7-8H,5-6H2,1H3,(H,12,13)/t7-/m1/s1. The van der Waals surface area contributed by atoms with E-state index in [4.69, 9.17) is 5.11 Å². The van der Waals surface area contributed by atoms with Crippen LogP contribution in [-0.2, 0) is 4.79 Å². The van der Waals surface area contributed by atoms with Crippen LogP contribution in [0.5, 0.6) is 0 Å². The third-order valence-corrected chi connectivity index (χ3v) is 3.80. The first-order valence-electron chi connectivity index (χ1n) is 4.68. The normalized spacial score (nSPS) is 20.4. The van der Waals surface area contributed by atoms with Gasteiger partial charge in [-0.25, -0.2) is 0 Å². The molecule has 1 aromatic rings. The summed E-state index contributed by atoms with van der Waals surface area (Å²) in [4.78, 5) is 14.1. The second-order valence-electron chi connectivity index (χ2n) is 3.68. The van der Waals surface area contributed by atoms with E-state index in [2.05, 4.69) is 23.3 Å². The Morgan fingerprint density at radius 2 is 2.43 bits per heavy atom. The zero-order valence-electron chi connectivity index (χ0n) is 8.01. The van der Waals surface area contributed by atoms with Crippen molar-refractivity contribution in [1.29, 1.82) is 0 Å². The molecule has 2 heterocycles. The highest BCUT2D eigenvalue weighted by Gasteiger charge is 2.35. The van der Waals surface area contributed by atoms with Crippen LogP contribution in [0, 0.1) is 5.92 Å². The number of rotatable bonds is 3. The van der Waals surface area contributed by atoms with Crippen molar-refractivity contribution in [3.8, 4) is 0 Å². The first kappa shape index (κ1) is 9.68. The molecule has 1 aromatic heterocycles. The van der Waals surface area contributed by atoms with Gasteiger partial charge in [-0.15, -0.1) is 11.3 Å². The van der Waals surface area contributed by atoms with Gasteiger partial charge in [-0.1, -0.05) is 6.07 Å². The molecule has 1 fully saturated rings. The number of hydrogen-bond acceptors (Lipinski definition) is 3. The van der Waals surface area contributed by atoms with Gasteiger partial charge in [0.05, 0.1) is 5.92 Å². The van der Waals surface area contributed by atoms with Gasteiger partial charge in [0, 0.05) is 24.0 Å². The van der Waals surface area contributed by atoms with Crippen LogP contribution >= 0.6 is 11.3 Å². The number of hydrogen-bond donors (Lipinski definition) is 1. The van der Waals surface area contributed by atoms with E-state index in [1.165, 1.54) is 4.88 Å². The number of likely N-dealkylation sites (tertiary alicyclic amines) is 1. The molecule has 3 nitrogen and oxygen atoms in total. The van der Waals surface area contributed by atoms with E-state index in [0.717, 1.165) is 0 Å². The summed E-state index contributed by atoms with van der Waals surface area (Å²) in [6, 6.07) is 4.50. The van der Waals surface area contributed by atoms with Crippen LogP contribution in [0.3, 0.4) is 0 Å². The van der Waals surface area contributed by atoms with Gasteiger partial charge < -0.3 is 5.11 Å². The van der Waals surface area contributed by atoms with E-state index in [1.54, 1.807) is 11.3 Å². The third kappa shape index (κ3) is 1.67. The molecule has 0 bridgehead atoms. The largest absolute Gasteiger partial charge is 0.481 e. The van der Waals surface area contributed by atoms with Gasteiger partial charge in [-0.3, -0.25) is 9.69 Å². The van der Waals surface area contributed by atoms with Crippen LogP contribution in [0.1, 0.15) is 17.8 Å². The second-order valence-corrected chi connectivity index (χ2v) is 4.66. The number of carbonyl (C=O) groups is 1. The quantitative estimate of drug-likeness (QED) is 0.829. The molecule has 1 saturated heterocycles. The van der Waals surface area contributed by atoms with E-state index in [-0.39, 0.29) is 5.92 Å². The molecule has 14 heavy (non-hydrogen) atoms. The average molecular weight is 211 g/mol. The number of carboxylic acids is 1. The maximum Gasteiger partial charge on any atom is 0.309 e. The SMILES string of the molecule is C[C@H](c1cccs1)N1CC(C(=O)O)C1. The van der Waals surface area contributed by atoms with Gasteiger partial charge >= 0.3 is 5.97 Å². The molecule has 1 N–H and O–H groups in total. The molecule has 0 amide bonds. The molecule has 2 rings (SSSR count). The maximum atomic E-state index is 10.6. The number of nitrogens with zero attached hydrogens (tertiary/aromatic N) is 1. The van der Waals surface area contributed by atoms with Crippen molar-refractivity contribution in [2.75, 3.05) is 13.1 Å². The van der Waals surface area contributed by atoms with Crippen molar-refractivity contribution in [3.63, 3.8) is 0 Å². The minimum Gasteiger partial charge on any atom is -0.481 e. The predicted octanol–water partition coefficient (Wildman–Crippen LogP) is 1.83. The molecule has 0 unspecified atom stereocenters. The molecule has 0 aliphatic carbocycles. The fourth-order valence-electron chi connectivity index (χ4n) is 1.69. The Morgan fingerprint density at radius 3 is 2.93 bits per heavy atom. The Kier molecular flexibility index (Phi) is 2.56. The minimum atomic E-state index is -0.667. The smallest absolute Gasteiger partial charge is 0.309 e. The summed E-state index contributed by atoms with van der Waals surface area (Å²) in [5.74, 6) is -0.822. The van der Waals surface area contributed by atoms with Gasteiger partial charge in [-0.2, -0.15) is 0 Å². The summed E-state index contributed by atoms with van der Waals surface area (Å²) < 4.78 is 0. The third-order valence-electron chi connectivity index (χ3n) is 2.76. The zero-order valence-corrected chi connectivity index (χ0v) is 8.83. The molecular formula is C10H13NO2S. The first-order chi connectivity index (χ1) is 6.68. The second kappa shape index (κ2) is 3.71. The molecule has 0 radical (unpaired) electrons.